The minimum atomic E-state index is -1.16. The number of benzene rings is 1. The number of amides is 1. The van der Waals surface area contributed by atoms with Crippen LogP contribution in [0.2, 0.25) is 0 Å². The van der Waals surface area contributed by atoms with Crippen LogP contribution in [0.5, 0.6) is 5.75 Å². The van der Waals surface area contributed by atoms with Gasteiger partial charge in [0.2, 0.25) is 5.91 Å². The first-order chi connectivity index (χ1) is 13.6. The second-order valence-electron chi connectivity index (χ2n) is 6.89. The summed E-state index contributed by atoms with van der Waals surface area (Å²) in [4.78, 5) is 19.1. The van der Waals surface area contributed by atoms with Gasteiger partial charge in [0.05, 0.1) is 31.6 Å². The zero-order valence-corrected chi connectivity index (χ0v) is 16.0. The molecule has 1 aromatic heterocycles. The van der Waals surface area contributed by atoms with Gasteiger partial charge >= 0.3 is 0 Å². The van der Waals surface area contributed by atoms with E-state index in [0.717, 1.165) is 18.4 Å². The van der Waals surface area contributed by atoms with Gasteiger partial charge in [-0.25, -0.2) is 0 Å². The maximum absolute atomic E-state index is 13.1. The molecule has 28 heavy (non-hydrogen) atoms. The molecule has 3 rings (SSSR count). The molecule has 1 aliphatic rings. The molecule has 2 heterocycles. The number of aromatic nitrogens is 1. The maximum atomic E-state index is 13.1. The molecule has 0 saturated carbocycles. The number of nitrogens with one attached hydrogen (secondary N) is 1. The molecule has 0 bridgehead atoms. The Morgan fingerprint density at radius 3 is 2.50 bits per heavy atom. The summed E-state index contributed by atoms with van der Waals surface area (Å²) in [7, 11) is 1.54. The van der Waals surface area contributed by atoms with Crippen LogP contribution in [-0.4, -0.2) is 58.9 Å². The summed E-state index contributed by atoms with van der Waals surface area (Å²) in [6.45, 7) is 1.15. The van der Waals surface area contributed by atoms with Crippen LogP contribution in [0.15, 0.2) is 48.7 Å². The topological polar surface area (TPSA) is 94.9 Å². The fourth-order valence-corrected chi connectivity index (χ4v) is 3.45. The third-order valence-corrected chi connectivity index (χ3v) is 5.06. The highest BCUT2D eigenvalue weighted by atomic mass is 16.5. The van der Waals surface area contributed by atoms with Crippen molar-refractivity contribution in [2.75, 3.05) is 26.8 Å². The summed E-state index contributed by atoms with van der Waals surface area (Å²) in [5.74, 6) is 0.390. The van der Waals surface area contributed by atoms with Gasteiger partial charge in [0, 0.05) is 13.1 Å². The van der Waals surface area contributed by atoms with Crippen molar-refractivity contribution in [3.63, 3.8) is 0 Å². The highest BCUT2D eigenvalue weighted by Gasteiger charge is 2.35. The molecule has 0 unspecified atom stereocenters. The Bertz CT molecular complexity index is 748. The maximum Gasteiger partial charge on any atom is 0.242 e. The third kappa shape index (κ3) is 4.67. The lowest BCUT2D eigenvalue weighted by Gasteiger charge is -2.30. The minimum Gasteiger partial charge on any atom is -0.495 e. The van der Waals surface area contributed by atoms with Crippen LogP contribution in [0, 0.1) is 0 Å². The average Bonchev–Trinajstić information content (AvgIpc) is 3.29. The number of methoxy groups -OCH3 is 1. The standard InChI is InChI=1S/C21H27N3O4/c1-28-16-9-10-17(22-13-16)20(26)19(21(27)24-11-5-6-12-24)23-18(14-25)15-7-3-2-4-8-15/h2-4,7-10,13,18-20,23,25-26H,5-6,11-12,14H2,1H3/t18-,19-,20-/m0/s1. The highest BCUT2D eigenvalue weighted by molar-refractivity contribution is 5.83. The number of hydrogen-bond donors (Lipinski definition) is 3. The number of carbonyl (C=O) groups is 1. The van der Waals surface area contributed by atoms with E-state index < -0.39 is 18.2 Å². The Morgan fingerprint density at radius 1 is 1.21 bits per heavy atom. The Hall–Kier alpha value is -2.48. The summed E-state index contributed by atoms with van der Waals surface area (Å²) in [6, 6.07) is 11.3. The fraction of sp³-hybridized carbons (Fsp3) is 0.429. The molecule has 1 fully saturated rings. The Morgan fingerprint density at radius 2 is 1.93 bits per heavy atom. The number of rotatable bonds is 8. The number of ether oxygens (including phenoxy) is 1. The molecule has 3 N–H and O–H groups in total. The van der Waals surface area contributed by atoms with Gasteiger partial charge in [-0.3, -0.25) is 15.1 Å². The SMILES string of the molecule is COc1ccc([C@H](O)[C@H](N[C@@H](CO)c2ccccc2)C(=O)N2CCCC2)nc1. The monoisotopic (exact) mass is 385 g/mol. The van der Waals surface area contributed by atoms with Crippen LogP contribution in [-0.2, 0) is 4.79 Å². The van der Waals surface area contributed by atoms with Crippen molar-refractivity contribution >= 4 is 5.91 Å². The molecular weight excluding hydrogens is 358 g/mol. The molecule has 7 heteroatoms. The van der Waals surface area contributed by atoms with Crippen LogP contribution < -0.4 is 10.1 Å². The number of aliphatic hydroxyl groups is 2. The van der Waals surface area contributed by atoms with Gasteiger partial charge in [0.15, 0.2) is 0 Å². The first kappa shape index (κ1) is 20.3. The molecule has 1 amide bonds. The summed E-state index contributed by atoms with van der Waals surface area (Å²) in [6.07, 6.45) is 2.27. The smallest absolute Gasteiger partial charge is 0.242 e. The Labute approximate surface area is 165 Å². The minimum absolute atomic E-state index is 0.183. The molecule has 3 atom stereocenters. The van der Waals surface area contributed by atoms with Gasteiger partial charge in [0.1, 0.15) is 17.9 Å². The molecule has 0 radical (unpaired) electrons. The molecule has 2 aromatic rings. The van der Waals surface area contributed by atoms with Gasteiger partial charge in [-0.2, -0.15) is 0 Å². The van der Waals surface area contributed by atoms with Crippen molar-refractivity contribution in [1.82, 2.24) is 15.2 Å². The number of hydrogen-bond acceptors (Lipinski definition) is 6. The molecule has 150 valence electrons. The van der Waals surface area contributed by atoms with Crippen molar-refractivity contribution in [2.45, 2.75) is 31.0 Å². The highest BCUT2D eigenvalue weighted by Crippen LogP contribution is 2.23. The van der Waals surface area contributed by atoms with Crippen molar-refractivity contribution in [1.29, 1.82) is 0 Å². The van der Waals surface area contributed by atoms with E-state index in [0.29, 0.717) is 24.5 Å². The summed E-state index contributed by atoms with van der Waals surface area (Å²) < 4.78 is 5.11. The lowest BCUT2D eigenvalue weighted by molar-refractivity contribution is -0.136. The number of aliphatic hydroxyl groups excluding tert-OH is 2. The van der Waals surface area contributed by atoms with Crippen LogP contribution >= 0.6 is 0 Å². The Kier molecular flexibility index (Phi) is 6.97. The quantitative estimate of drug-likeness (QED) is 0.637. The van der Waals surface area contributed by atoms with E-state index in [9.17, 15) is 15.0 Å². The van der Waals surface area contributed by atoms with E-state index >= 15 is 0 Å². The van der Waals surface area contributed by atoms with Gasteiger partial charge in [-0.1, -0.05) is 30.3 Å². The number of likely N-dealkylation sites (tertiary alicyclic amines) is 1. The first-order valence-corrected chi connectivity index (χ1v) is 9.52. The van der Waals surface area contributed by atoms with E-state index in [-0.39, 0.29) is 12.5 Å². The summed E-state index contributed by atoms with van der Waals surface area (Å²) in [5, 5.41) is 24.0. The summed E-state index contributed by atoms with van der Waals surface area (Å²) >= 11 is 0. The summed E-state index contributed by atoms with van der Waals surface area (Å²) in [5.41, 5.74) is 1.22. The van der Waals surface area contributed by atoms with Crippen LogP contribution in [0.1, 0.15) is 36.2 Å². The van der Waals surface area contributed by atoms with Crippen molar-refractivity contribution in [3.8, 4) is 5.75 Å². The molecule has 1 aliphatic heterocycles. The molecule has 1 saturated heterocycles. The van der Waals surface area contributed by atoms with E-state index in [4.69, 9.17) is 4.74 Å². The Balaban J connectivity index is 1.85. The molecule has 7 nitrogen and oxygen atoms in total. The molecule has 0 aliphatic carbocycles. The number of nitrogens with zero attached hydrogens (tertiary/aromatic N) is 2. The second-order valence-corrected chi connectivity index (χ2v) is 6.89. The normalized spacial score (nSPS) is 17.2. The van der Waals surface area contributed by atoms with E-state index in [1.807, 2.05) is 30.3 Å². The molecule has 0 spiro atoms. The lowest BCUT2D eigenvalue weighted by Crippen LogP contribution is -2.50. The zero-order valence-electron chi connectivity index (χ0n) is 16.0. The molecular formula is C21H27N3O4. The van der Waals surface area contributed by atoms with E-state index in [2.05, 4.69) is 10.3 Å². The van der Waals surface area contributed by atoms with Crippen LogP contribution in [0.4, 0.5) is 0 Å². The second kappa shape index (κ2) is 9.64. The largest absolute Gasteiger partial charge is 0.495 e. The van der Waals surface area contributed by atoms with Gasteiger partial charge in [-0.05, 0) is 30.5 Å². The van der Waals surface area contributed by atoms with Gasteiger partial charge in [-0.15, -0.1) is 0 Å². The third-order valence-electron chi connectivity index (χ3n) is 5.06. The number of pyridine rings is 1. The zero-order chi connectivity index (χ0) is 19.9. The molecule has 1 aromatic carbocycles. The van der Waals surface area contributed by atoms with Crippen LogP contribution in [0.25, 0.3) is 0 Å². The lowest BCUT2D eigenvalue weighted by atomic mass is 10.0. The van der Waals surface area contributed by atoms with E-state index in [1.54, 1.807) is 24.1 Å². The predicted molar refractivity (Wildman–Crippen MR) is 105 cm³/mol. The van der Waals surface area contributed by atoms with Crippen LogP contribution in [0.3, 0.4) is 0 Å². The average molecular weight is 385 g/mol. The van der Waals surface area contributed by atoms with Crippen molar-refractivity contribution in [2.24, 2.45) is 0 Å². The van der Waals surface area contributed by atoms with Crippen molar-refractivity contribution in [3.05, 3.63) is 59.9 Å². The first-order valence-electron chi connectivity index (χ1n) is 9.52. The van der Waals surface area contributed by atoms with Gasteiger partial charge < -0.3 is 19.8 Å². The van der Waals surface area contributed by atoms with Crippen molar-refractivity contribution < 1.29 is 19.7 Å². The van der Waals surface area contributed by atoms with E-state index in [1.165, 1.54) is 6.20 Å². The predicted octanol–water partition coefficient (Wildman–Crippen LogP) is 1.44. The number of carbonyl (C=O) groups excluding carboxylic acids is 1. The fourth-order valence-electron chi connectivity index (χ4n) is 3.45. The van der Waals surface area contributed by atoms with Gasteiger partial charge in [0.25, 0.3) is 0 Å².